The SMILES string of the molecule is CC1CCC2C3CC(C12)N(C)C3. The Morgan fingerprint density at radius 1 is 1.25 bits per heavy atom. The Hall–Kier alpha value is -0.0400. The summed E-state index contributed by atoms with van der Waals surface area (Å²) in [4.78, 5) is 2.62. The van der Waals surface area contributed by atoms with Crippen molar-refractivity contribution in [1.82, 2.24) is 4.90 Å². The molecule has 3 fully saturated rings. The topological polar surface area (TPSA) is 3.24 Å². The Morgan fingerprint density at radius 2 is 2.08 bits per heavy atom. The average molecular weight is 165 g/mol. The van der Waals surface area contributed by atoms with E-state index in [1.54, 1.807) is 6.42 Å². The first kappa shape index (κ1) is 7.37. The summed E-state index contributed by atoms with van der Waals surface area (Å²) in [7, 11) is 2.33. The van der Waals surface area contributed by atoms with Crippen molar-refractivity contribution >= 4 is 0 Å². The van der Waals surface area contributed by atoms with Crippen LogP contribution in [0.5, 0.6) is 0 Å². The van der Waals surface area contributed by atoms with E-state index in [-0.39, 0.29) is 0 Å². The molecule has 1 nitrogen and oxygen atoms in total. The first-order valence-corrected chi connectivity index (χ1v) is 5.47. The minimum atomic E-state index is 0.970. The molecule has 0 aromatic carbocycles. The zero-order valence-corrected chi connectivity index (χ0v) is 8.16. The molecule has 1 aliphatic heterocycles. The largest absolute Gasteiger partial charge is 0.303 e. The molecule has 1 heteroatoms. The molecule has 12 heavy (non-hydrogen) atoms. The lowest BCUT2D eigenvalue weighted by atomic mass is 9.85. The second-order valence-corrected chi connectivity index (χ2v) is 5.30. The van der Waals surface area contributed by atoms with Crippen LogP contribution >= 0.6 is 0 Å². The van der Waals surface area contributed by atoms with E-state index in [2.05, 4.69) is 18.9 Å². The van der Waals surface area contributed by atoms with Gasteiger partial charge in [-0.2, -0.15) is 0 Å². The zero-order chi connectivity index (χ0) is 8.29. The van der Waals surface area contributed by atoms with Crippen molar-refractivity contribution in [2.45, 2.75) is 32.2 Å². The second-order valence-electron chi connectivity index (χ2n) is 5.30. The molecular weight excluding hydrogens is 146 g/mol. The molecule has 0 amide bonds. The highest BCUT2D eigenvalue weighted by Gasteiger charge is 2.54. The van der Waals surface area contributed by atoms with Gasteiger partial charge in [0.25, 0.3) is 0 Å². The van der Waals surface area contributed by atoms with Gasteiger partial charge < -0.3 is 4.90 Å². The highest BCUT2D eigenvalue weighted by atomic mass is 15.2. The second kappa shape index (κ2) is 2.25. The van der Waals surface area contributed by atoms with E-state index in [9.17, 15) is 0 Å². The Balaban J connectivity index is 1.90. The van der Waals surface area contributed by atoms with E-state index < -0.39 is 0 Å². The summed E-state index contributed by atoms with van der Waals surface area (Å²) in [6.07, 6.45) is 4.58. The number of hydrogen-bond acceptors (Lipinski definition) is 1. The van der Waals surface area contributed by atoms with E-state index in [1.165, 1.54) is 19.4 Å². The van der Waals surface area contributed by atoms with Crippen molar-refractivity contribution in [3.8, 4) is 0 Å². The minimum Gasteiger partial charge on any atom is -0.303 e. The molecule has 1 saturated heterocycles. The third-order valence-corrected chi connectivity index (χ3v) is 4.79. The van der Waals surface area contributed by atoms with Gasteiger partial charge in [0.05, 0.1) is 0 Å². The van der Waals surface area contributed by atoms with E-state index in [4.69, 9.17) is 0 Å². The molecule has 3 aliphatic rings. The first-order chi connectivity index (χ1) is 5.77. The van der Waals surface area contributed by atoms with Crippen LogP contribution in [0.3, 0.4) is 0 Å². The Kier molecular flexibility index (Phi) is 1.39. The van der Waals surface area contributed by atoms with Gasteiger partial charge in [0.1, 0.15) is 0 Å². The molecule has 0 N–H and O–H groups in total. The van der Waals surface area contributed by atoms with E-state index in [0.29, 0.717) is 0 Å². The molecule has 5 atom stereocenters. The third-order valence-electron chi connectivity index (χ3n) is 4.79. The van der Waals surface area contributed by atoms with Gasteiger partial charge in [0.2, 0.25) is 0 Å². The van der Waals surface area contributed by atoms with Crippen molar-refractivity contribution in [2.24, 2.45) is 23.7 Å². The summed E-state index contributed by atoms with van der Waals surface area (Å²) in [5.74, 6) is 4.30. The molecular formula is C11H19N. The fraction of sp³-hybridized carbons (Fsp3) is 1.00. The Bertz CT molecular complexity index is 201. The Labute approximate surface area is 75.1 Å². The smallest absolute Gasteiger partial charge is 0.0129 e. The quantitative estimate of drug-likeness (QED) is 0.530. The van der Waals surface area contributed by atoms with Gasteiger partial charge in [-0.25, -0.2) is 0 Å². The van der Waals surface area contributed by atoms with Crippen LogP contribution in [0.4, 0.5) is 0 Å². The van der Waals surface area contributed by atoms with Gasteiger partial charge in [-0.05, 0) is 43.6 Å². The maximum absolute atomic E-state index is 2.62. The molecule has 2 saturated carbocycles. The van der Waals surface area contributed by atoms with Gasteiger partial charge in [-0.3, -0.25) is 0 Å². The van der Waals surface area contributed by atoms with Crippen molar-refractivity contribution in [3.63, 3.8) is 0 Å². The monoisotopic (exact) mass is 165 g/mol. The van der Waals surface area contributed by atoms with Gasteiger partial charge in [0.15, 0.2) is 0 Å². The van der Waals surface area contributed by atoms with Gasteiger partial charge >= 0.3 is 0 Å². The van der Waals surface area contributed by atoms with Crippen LogP contribution in [0, 0.1) is 23.7 Å². The van der Waals surface area contributed by atoms with Crippen LogP contribution in [-0.4, -0.2) is 24.5 Å². The van der Waals surface area contributed by atoms with Crippen LogP contribution in [0.1, 0.15) is 26.2 Å². The summed E-state index contributed by atoms with van der Waals surface area (Å²) in [5.41, 5.74) is 0. The molecule has 3 rings (SSSR count). The molecule has 1 heterocycles. The molecule has 0 aromatic rings. The molecule has 68 valence electrons. The van der Waals surface area contributed by atoms with E-state index in [1.807, 2.05) is 0 Å². The number of hydrogen-bond donors (Lipinski definition) is 0. The number of fused-ring (bicyclic) bond motifs is 5. The van der Waals surface area contributed by atoms with Crippen LogP contribution in [0.25, 0.3) is 0 Å². The summed E-state index contributed by atoms with van der Waals surface area (Å²) in [6, 6.07) is 0.970. The fourth-order valence-electron chi connectivity index (χ4n) is 4.31. The highest BCUT2D eigenvalue weighted by molar-refractivity contribution is 5.06. The van der Waals surface area contributed by atoms with E-state index >= 15 is 0 Å². The number of likely N-dealkylation sites (tertiary alicyclic amines) is 1. The van der Waals surface area contributed by atoms with Gasteiger partial charge in [-0.15, -0.1) is 0 Å². The van der Waals surface area contributed by atoms with Crippen molar-refractivity contribution in [3.05, 3.63) is 0 Å². The third kappa shape index (κ3) is 0.736. The Morgan fingerprint density at radius 3 is 2.92 bits per heavy atom. The fourth-order valence-corrected chi connectivity index (χ4v) is 4.31. The lowest BCUT2D eigenvalue weighted by Crippen LogP contribution is -2.39. The standard InChI is InChI=1S/C11H19N/c1-7-3-4-9-8-5-10(11(7)9)12(2)6-8/h7-11H,3-6H2,1-2H3. The van der Waals surface area contributed by atoms with Crippen molar-refractivity contribution in [1.29, 1.82) is 0 Å². The summed E-state index contributed by atoms with van der Waals surface area (Å²) in [6.45, 7) is 3.87. The van der Waals surface area contributed by atoms with Crippen LogP contribution in [0.15, 0.2) is 0 Å². The average Bonchev–Trinajstić information content (AvgIpc) is 2.62. The first-order valence-electron chi connectivity index (χ1n) is 5.47. The zero-order valence-electron chi connectivity index (χ0n) is 8.16. The van der Waals surface area contributed by atoms with Crippen molar-refractivity contribution in [2.75, 3.05) is 13.6 Å². The molecule has 0 aromatic heterocycles. The number of rotatable bonds is 0. The predicted octanol–water partition coefficient (Wildman–Crippen LogP) is 1.98. The van der Waals surface area contributed by atoms with Crippen LogP contribution < -0.4 is 0 Å². The summed E-state index contributed by atoms with van der Waals surface area (Å²) in [5, 5.41) is 0. The predicted molar refractivity (Wildman–Crippen MR) is 49.9 cm³/mol. The summed E-state index contributed by atoms with van der Waals surface area (Å²) < 4.78 is 0. The number of nitrogens with zero attached hydrogens (tertiary/aromatic N) is 1. The van der Waals surface area contributed by atoms with Gasteiger partial charge in [-0.1, -0.05) is 13.3 Å². The van der Waals surface area contributed by atoms with E-state index in [0.717, 1.165) is 29.7 Å². The maximum atomic E-state index is 2.62. The lowest BCUT2D eigenvalue weighted by Gasteiger charge is -2.34. The minimum absolute atomic E-state index is 0.970. The molecule has 5 unspecified atom stereocenters. The molecule has 2 aliphatic carbocycles. The lowest BCUT2D eigenvalue weighted by molar-refractivity contribution is 0.132. The molecule has 0 spiro atoms. The van der Waals surface area contributed by atoms with Crippen LogP contribution in [0.2, 0.25) is 0 Å². The highest BCUT2D eigenvalue weighted by Crippen LogP contribution is 2.55. The molecule has 2 bridgehead atoms. The number of piperidine rings is 1. The normalized spacial score (nSPS) is 58.0. The van der Waals surface area contributed by atoms with Gasteiger partial charge in [0, 0.05) is 12.6 Å². The van der Waals surface area contributed by atoms with Crippen LogP contribution in [-0.2, 0) is 0 Å². The summed E-state index contributed by atoms with van der Waals surface area (Å²) >= 11 is 0. The maximum Gasteiger partial charge on any atom is 0.0129 e. The van der Waals surface area contributed by atoms with Crippen molar-refractivity contribution < 1.29 is 0 Å². The molecule has 0 radical (unpaired) electrons.